The molecule has 0 spiro atoms. The minimum absolute atomic E-state index is 0.0850. The van der Waals surface area contributed by atoms with Crippen LogP contribution in [0.5, 0.6) is 0 Å². The molecular weight excluding hydrogens is 961 g/mol. The summed E-state index contributed by atoms with van der Waals surface area (Å²) >= 11 is 0. The van der Waals surface area contributed by atoms with Crippen LogP contribution in [0, 0.1) is 0 Å². The van der Waals surface area contributed by atoms with Gasteiger partial charge in [-0.05, 0) is 103 Å². The minimum atomic E-state index is -0.787. The lowest BCUT2D eigenvalue weighted by molar-refractivity contribution is -0.167. The Kier molecular flexibility index (Phi) is 62.3. The first-order valence-corrected chi connectivity index (χ1v) is 32.9. The van der Waals surface area contributed by atoms with E-state index in [9.17, 15) is 14.4 Å². The Labute approximate surface area is 482 Å². The average Bonchev–Trinajstić information content (AvgIpc) is 3.44. The summed E-state index contributed by atoms with van der Waals surface area (Å²) < 4.78 is 16.9. The molecule has 0 saturated carbocycles. The second-order valence-electron chi connectivity index (χ2n) is 21.6. The van der Waals surface area contributed by atoms with Crippen LogP contribution in [0.2, 0.25) is 0 Å². The van der Waals surface area contributed by atoms with Crippen LogP contribution in [0.3, 0.4) is 0 Å². The average molecular weight is 1080 g/mol. The molecule has 0 aromatic heterocycles. The molecule has 0 saturated heterocycles. The molecule has 0 aromatic carbocycles. The summed E-state index contributed by atoms with van der Waals surface area (Å²) in [6.07, 6.45) is 89.6. The van der Waals surface area contributed by atoms with Gasteiger partial charge in [0.2, 0.25) is 0 Å². The molecule has 0 bridgehead atoms. The first-order chi connectivity index (χ1) is 38.5. The molecule has 446 valence electrons. The molecule has 0 aliphatic heterocycles. The summed E-state index contributed by atoms with van der Waals surface area (Å²) in [7, 11) is 0. The number of allylic oxidation sites excluding steroid dienone is 18. The van der Waals surface area contributed by atoms with E-state index in [-0.39, 0.29) is 31.1 Å². The largest absolute Gasteiger partial charge is 0.462 e. The topological polar surface area (TPSA) is 78.9 Å². The van der Waals surface area contributed by atoms with Crippen LogP contribution in [0.25, 0.3) is 0 Å². The first kappa shape index (κ1) is 74.1. The van der Waals surface area contributed by atoms with Crippen molar-refractivity contribution in [2.75, 3.05) is 13.2 Å². The zero-order valence-corrected chi connectivity index (χ0v) is 51.2. The quantitative estimate of drug-likeness (QED) is 0.0261. The van der Waals surface area contributed by atoms with E-state index in [0.29, 0.717) is 19.3 Å². The fourth-order valence-corrected chi connectivity index (χ4v) is 9.09. The summed E-state index contributed by atoms with van der Waals surface area (Å²) in [4.78, 5) is 38.3. The Morgan fingerprint density at radius 1 is 0.269 bits per heavy atom. The van der Waals surface area contributed by atoms with Crippen LogP contribution in [-0.2, 0) is 28.6 Å². The van der Waals surface area contributed by atoms with Gasteiger partial charge in [0.25, 0.3) is 0 Å². The second-order valence-corrected chi connectivity index (χ2v) is 21.6. The van der Waals surface area contributed by atoms with Crippen LogP contribution in [-0.4, -0.2) is 37.2 Å². The number of unbranched alkanes of at least 4 members (excludes halogenated alkanes) is 30. The Balaban J connectivity index is 4.28. The molecule has 0 fully saturated rings. The normalized spacial score (nSPS) is 12.8. The molecule has 0 aliphatic rings. The van der Waals surface area contributed by atoms with Gasteiger partial charge in [-0.1, -0.05) is 297 Å². The zero-order valence-electron chi connectivity index (χ0n) is 51.2. The van der Waals surface area contributed by atoms with E-state index in [0.717, 1.165) is 128 Å². The van der Waals surface area contributed by atoms with Gasteiger partial charge in [-0.15, -0.1) is 0 Å². The van der Waals surface area contributed by atoms with E-state index in [1.165, 1.54) is 141 Å². The van der Waals surface area contributed by atoms with Gasteiger partial charge >= 0.3 is 17.9 Å². The van der Waals surface area contributed by atoms with Gasteiger partial charge in [0.15, 0.2) is 6.10 Å². The smallest absolute Gasteiger partial charge is 0.306 e. The number of carbonyl (C=O) groups excluding carboxylic acids is 3. The number of hydrogen-bond acceptors (Lipinski definition) is 6. The Hall–Kier alpha value is -3.93. The summed E-state index contributed by atoms with van der Waals surface area (Å²) in [5.41, 5.74) is 0. The lowest BCUT2D eigenvalue weighted by Crippen LogP contribution is -2.30. The van der Waals surface area contributed by atoms with Crippen molar-refractivity contribution in [1.29, 1.82) is 0 Å². The Bertz CT molecular complexity index is 1570. The van der Waals surface area contributed by atoms with Crippen LogP contribution in [0.1, 0.15) is 310 Å². The van der Waals surface area contributed by atoms with E-state index in [4.69, 9.17) is 14.2 Å². The maximum Gasteiger partial charge on any atom is 0.306 e. The predicted octanol–water partition coefficient (Wildman–Crippen LogP) is 22.6. The fraction of sp³-hybridized carbons (Fsp3) is 0.708. The van der Waals surface area contributed by atoms with Gasteiger partial charge in [-0.25, -0.2) is 0 Å². The maximum absolute atomic E-state index is 12.9. The second kappa shape index (κ2) is 65.6. The first-order valence-electron chi connectivity index (χ1n) is 32.9. The van der Waals surface area contributed by atoms with Crippen molar-refractivity contribution >= 4 is 17.9 Å². The Morgan fingerprint density at radius 3 is 0.833 bits per heavy atom. The Morgan fingerprint density at radius 2 is 0.513 bits per heavy atom. The molecular formula is C72H122O6. The number of ether oxygens (including phenoxy) is 3. The molecule has 6 nitrogen and oxygen atoms in total. The SMILES string of the molecule is CC/C=C\C/C=C\C/C=C\C/C=C\C/C=C\C/C=C\C/C=C\C/C=C\CCCCCCCCC(=O)OCC(COC(=O)CCCCCCC/C=C\CCCC)OC(=O)CCCCCCCCCCCCCCCCCCCC. The lowest BCUT2D eigenvalue weighted by Gasteiger charge is -2.18. The van der Waals surface area contributed by atoms with Crippen LogP contribution in [0.15, 0.2) is 109 Å². The summed E-state index contributed by atoms with van der Waals surface area (Å²) in [5, 5.41) is 0. The highest BCUT2D eigenvalue weighted by Gasteiger charge is 2.19. The summed E-state index contributed by atoms with van der Waals surface area (Å²) in [6, 6.07) is 0. The maximum atomic E-state index is 12.9. The monoisotopic (exact) mass is 1080 g/mol. The highest BCUT2D eigenvalue weighted by atomic mass is 16.6. The van der Waals surface area contributed by atoms with E-state index in [1.54, 1.807) is 0 Å². The molecule has 6 heteroatoms. The molecule has 0 heterocycles. The lowest BCUT2D eigenvalue weighted by atomic mass is 10.0. The van der Waals surface area contributed by atoms with E-state index >= 15 is 0 Å². The fourth-order valence-electron chi connectivity index (χ4n) is 9.09. The van der Waals surface area contributed by atoms with E-state index < -0.39 is 6.10 Å². The number of rotatable bonds is 59. The van der Waals surface area contributed by atoms with Crippen LogP contribution in [0.4, 0.5) is 0 Å². The number of esters is 3. The standard InChI is InChI=1S/C72H122O6/c1-4-7-10-13-16-19-22-24-26-28-30-31-32-33-34-35-36-37-38-39-40-41-42-44-45-47-50-53-56-59-62-65-71(74)77-68-69(67-76-70(73)64-61-58-55-52-49-21-18-15-12-9-6-3)78-72(75)66-63-60-57-54-51-48-46-43-29-27-25-23-20-17-14-11-8-5-2/h7,10,15-16,18-19,24,26,30-31,33-34,36-37,39-40,42,44,69H,4-6,8-9,11-14,17,20-23,25,27-29,32,35,38,41,43,45-68H2,1-3H3/b10-7-,18-15-,19-16-,26-24-,31-30-,34-33-,37-36-,40-39-,44-42-. The number of hydrogen-bond donors (Lipinski definition) is 0. The molecule has 0 aromatic rings. The third-order valence-electron chi connectivity index (χ3n) is 14.0. The van der Waals surface area contributed by atoms with Gasteiger partial charge < -0.3 is 14.2 Å². The summed E-state index contributed by atoms with van der Waals surface area (Å²) in [5.74, 6) is -0.899. The third kappa shape index (κ3) is 62.9. The van der Waals surface area contributed by atoms with E-state index in [1.807, 2.05) is 0 Å². The van der Waals surface area contributed by atoms with Crippen molar-refractivity contribution in [2.45, 2.75) is 316 Å². The van der Waals surface area contributed by atoms with Gasteiger partial charge in [0, 0.05) is 19.3 Å². The minimum Gasteiger partial charge on any atom is -0.462 e. The number of carbonyl (C=O) groups is 3. The third-order valence-corrected chi connectivity index (χ3v) is 14.0. The predicted molar refractivity (Wildman–Crippen MR) is 339 cm³/mol. The van der Waals surface area contributed by atoms with Crippen LogP contribution >= 0.6 is 0 Å². The summed E-state index contributed by atoms with van der Waals surface area (Å²) in [6.45, 7) is 6.49. The molecule has 1 atom stereocenters. The van der Waals surface area contributed by atoms with Crippen molar-refractivity contribution in [3.63, 3.8) is 0 Å². The van der Waals surface area contributed by atoms with Gasteiger partial charge in [0.1, 0.15) is 13.2 Å². The van der Waals surface area contributed by atoms with Crippen molar-refractivity contribution < 1.29 is 28.6 Å². The molecule has 1 unspecified atom stereocenters. The van der Waals surface area contributed by atoms with Gasteiger partial charge in [0.05, 0.1) is 0 Å². The molecule has 0 radical (unpaired) electrons. The van der Waals surface area contributed by atoms with Crippen molar-refractivity contribution in [2.24, 2.45) is 0 Å². The van der Waals surface area contributed by atoms with Crippen molar-refractivity contribution in [3.8, 4) is 0 Å². The zero-order chi connectivity index (χ0) is 56.4. The van der Waals surface area contributed by atoms with Crippen molar-refractivity contribution in [3.05, 3.63) is 109 Å². The molecule has 0 N–H and O–H groups in total. The molecule has 0 amide bonds. The van der Waals surface area contributed by atoms with Gasteiger partial charge in [-0.3, -0.25) is 14.4 Å². The molecule has 0 aliphatic carbocycles. The van der Waals surface area contributed by atoms with Crippen molar-refractivity contribution in [1.82, 2.24) is 0 Å². The van der Waals surface area contributed by atoms with Gasteiger partial charge in [-0.2, -0.15) is 0 Å². The van der Waals surface area contributed by atoms with E-state index in [2.05, 4.69) is 130 Å². The van der Waals surface area contributed by atoms with Crippen LogP contribution < -0.4 is 0 Å². The molecule has 0 rings (SSSR count). The highest BCUT2D eigenvalue weighted by Crippen LogP contribution is 2.16. The highest BCUT2D eigenvalue weighted by molar-refractivity contribution is 5.71. The molecule has 78 heavy (non-hydrogen) atoms.